The number of hydrogen-bond donors (Lipinski definition) is 1. The van der Waals surface area contributed by atoms with Crippen LogP contribution in [-0.2, 0) is 14.6 Å². The van der Waals surface area contributed by atoms with Gasteiger partial charge in [0.05, 0.1) is 17.6 Å². The van der Waals surface area contributed by atoms with Gasteiger partial charge in [-0.05, 0) is 32.1 Å². The lowest BCUT2D eigenvalue weighted by Gasteiger charge is -2.28. The third kappa shape index (κ3) is 2.96. The molecule has 0 amide bonds. The van der Waals surface area contributed by atoms with Crippen molar-refractivity contribution in [2.24, 2.45) is 0 Å². The Morgan fingerprint density at radius 3 is 2.69 bits per heavy atom. The third-order valence-corrected chi connectivity index (χ3v) is 5.49. The monoisotopic (exact) mass is 247 g/mol. The van der Waals surface area contributed by atoms with E-state index in [0.29, 0.717) is 17.5 Å². The van der Waals surface area contributed by atoms with Crippen LogP contribution in [0.15, 0.2) is 0 Å². The van der Waals surface area contributed by atoms with Crippen LogP contribution in [0.1, 0.15) is 32.1 Å². The summed E-state index contributed by atoms with van der Waals surface area (Å²) in [6.45, 7) is 0. The van der Waals surface area contributed by atoms with Gasteiger partial charge in [0, 0.05) is 19.2 Å². The molecule has 1 saturated heterocycles. The molecule has 0 aromatic carbocycles. The van der Waals surface area contributed by atoms with Crippen LogP contribution in [0, 0.1) is 0 Å². The molecule has 1 saturated carbocycles. The Bertz CT molecular complexity index is 328. The summed E-state index contributed by atoms with van der Waals surface area (Å²) in [5.74, 6) is 0.670. The number of nitrogens with one attached hydrogen (secondary N) is 1. The van der Waals surface area contributed by atoms with Gasteiger partial charge in [-0.1, -0.05) is 0 Å². The molecule has 94 valence electrons. The Hall–Kier alpha value is -0.130. The smallest absolute Gasteiger partial charge is 0.151 e. The highest BCUT2D eigenvalue weighted by Gasteiger charge is 2.32. The summed E-state index contributed by atoms with van der Waals surface area (Å²) < 4.78 is 28.4. The van der Waals surface area contributed by atoms with Crippen molar-refractivity contribution in [3.05, 3.63) is 0 Å². The van der Waals surface area contributed by atoms with Crippen LogP contribution in [0.25, 0.3) is 0 Å². The number of rotatable bonds is 3. The van der Waals surface area contributed by atoms with Crippen molar-refractivity contribution in [2.75, 3.05) is 18.6 Å². The lowest BCUT2D eigenvalue weighted by Crippen LogP contribution is -2.48. The van der Waals surface area contributed by atoms with E-state index in [2.05, 4.69) is 5.32 Å². The number of ether oxygens (including phenoxy) is 1. The maximum absolute atomic E-state index is 11.5. The van der Waals surface area contributed by atoms with Gasteiger partial charge < -0.3 is 10.1 Å². The van der Waals surface area contributed by atoms with Crippen LogP contribution in [0.4, 0.5) is 0 Å². The van der Waals surface area contributed by atoms with Gasteiger partial charge in [0.2, 0.25) is 0 Å². The highest BCUT2D eigenvalue weighted by Crippen LogP contribution is 2.23. The van der Waals surface area contributed by atoms with E-state index in [1.165, 1.54) is 6.42 Å². The van der Waals surface area contributed by atoms with E-state index in [-0.39, 0.29) is 12.1 Å². The fraction of sp³-hybridized carbons (Fsp3) is 1.00. The minimum Gasteiger partial charge on any atom is -0.380 e. The summed E-state index contributed by atoms with van der Waals surface area (Å²) in [6, 6.07) is 0.489. The molecule has 2 rings (SSSR count). The van der Waals surface area contributed by atoms with Crippen LogP contribution in [0.3, 0.4) is 0 Å². The van der Waals surface area contributed by atoms with E-state index >= 15 is 0 Å². The average Bonchev–Trinajstić information content (AvgIpc) is 2.63. The maximum atomic E-state index is 11.5. The maximum Gasteiger partial charge on any atom is 0.151 e. The molecule has 0 radical (unpaired) electrons. The van der Waals surface area contributed by atoms with Gasteiger partial charge in [0.1, 0.15) is 0 Å². The number of methoxy groups -OCH3 is 1. The summed E-state index contributed by atoms with van der Waals surface area (Å²) >= 11 is 0. The fourth-order valence-corrected chi connectivity index (χ4v) is 4.50. The molecule has 2 fully saturated rings. The Balaban J connectivity index is 1.89. The summed E-state index contributed by atoms with van der Waals surface area (Å²) in [4.78, 5) is 0. The van der Waals surface area contributed by atoms with Gasteiger partial charge in [0.15, 0.2) is 9.84 Å². The van der Waals surface area contributed by atoms with Gasteiger partial charge >= 0.3 is 0 Å². The van der Waals surface area contributed by atoms with Crippen molar-refractivity contribution in [1.82, 2.24) is 5.32 Å². The van der Waals surface area contributed by atoms with Gasteiger partial charge in [-0.3, -0.25) is 0 Å². The lowest BCUT2D eigenvalue weighted by atomic mass is 10.1. The van der Waals surface area contributed by atoms with Gasteiger partial charge in [0.25, 0.3) is 0 Å². The highest BCUT2D eigenvalue weighted by molar-refractivity contribution is 7.91. The van der Waals surface area contributed by atoms with Crippen LogP contribution in [0.5, 0.6) is 0 Å². The Morgan fingerprint density at radius 2 is 2.00 bits per heavy atom. The second-order valence-electron chi connectivity index (χ2n) is 4.93. The molecule has 3 unspecified atom stereocenters. The Morgan fingerprint density at radius 1 is 1.19 bits per heavy atom. The predicted octanol–water partition coefficient (Wildman–Crippen LogP) is 0.721. The number of hydrogen-bond acceptors (Lipinski definition) is 4. The third-order valence-electron chi connectivity index (χ3n) is 3.67. The highest BCUT2D eigenvalue weighted by atomic mass is 32.2. The van der Waals surface area contributed by atoms with E-state index in [9.17, 15) is 8.42 Å². The molecule has 1 aliphatic heterocycles. The molecule has 2 aliphatic rings. The largest absolute Gasteiger partial charge is 0.380 e. The summed E-state index contributed by atoms with van der Waals surface area (Å²) in [6.07, 6.45) is 5.42. The topological polar surface area (TPSA) is 55.4 Å². The van der Waals surface area contributed by atoms with Gasteiger partial charge in [-0.25, -0.2) is 8.42 Å². The molecular weight excluding hydrogens is 226 g/mol. The van der Waals surface area contributed by atoms with E-state index in [1.54, 1.807) is 7.11 Å². The first kappa shape index (κ1) is 12.3. The minimum atomic E-state index is -2.80. The second kappa shape index (κ2) is 5.02. The molecule has 1 N–H and O–H groups in total. The van der Waals surface area contributed by atoms with E-state index in [4.69, 9.17) is 4.74 Å². The number of sulfone groups is 1. The Labute approximate surface area is 97.7 Å². The van der Waals surface area contributed by atoms with Gasteiger partial charge in [-0.15, -0.1) is 0 Å². The van der Waals surface area contributed by atoms with Crippen LogP contribution in [-0.4, -0.2) is 45.2 Å². The summed E-state index contributed by atoms with van der Waals surface area (Å²) in [7, 11) is -1.06. The summed E-state index contributed by atoms with van der Waals surface area (Å²) in [5, 5.41) is 3.47. The molecular formula is C11H21NO3S. The standard InChI is InChI=1S/C11H21NO3S/c1-15-11-6-2-5-10(11)12-9-4-3-7-16(13,14)8-9/h9-12H,2-8H2,1H3. The normalized spacial score (nSPS) is 38.7. The molecule has 1 heterocycles. The molecule has 3 atom stereocenters. The van der Waals surface area contributed by atoms with Crippen molar-refractivity contribution in [3.63, 3.8) is 0 Å². The van der Waals surface area contributed by atoms with Crippen LogP contribution >= 0.6 is 0 Å². The molecule has 0 aromatic rings. The first-order valence-electron chi connectivity index (χ1n) is 6.10. The quantitative estimate of drug-likeness (QED) is 0.798. The molecule has 16 heavy (non-hydrogen) atoms. The molecule has 1 aliphatic carbocycles. The second-order valence-corrected chi connectivity index (χ2v) is 7.16. The van der Waals surface area contributed by atoms with E-state index < -0.39 is 9.84 Å². The zero-order chi connectivity index (χ0) is 11.6. The van der Waals surface area contributed by atoms with E-state index in [0.717, 1.165) is 25.7 Å². The zero-order valence-corrected chi connectivity index (χ0v) is 10.6. The van der Waals surface area contributed by atoms with Crippen LogP contribution in [0.2, 0.25) is 0 Å². The van der Waals surface area contributed by atoms with Crippen molar-refractivity contribution in [3.8, 4) is 0 Å². The molecule has 0 bridgehead atoms. The SMILES string of the molecule is COC1CCCC1NC1CCCS(=O)(=O)C1. The van der Waals surface area contributed by atoms with Crippen molar-refractivity contribution >= 4 is 9.84 Å². The Kier molecular flexibility index (Phi) is 3.87. The van der Waals surface area contributed by atoms with Gasteiger partial charge in [-0.2, -0.15) is 0 Å². The average molecular weight is 247 g/mol. The molecule has 0 aromatic heterocycles. The minimum absolute atomic E-state index is 0.138. The first-order valence-corrected chi connectivity index (χ1v) is 7.92. The summed E-state index contributed by atoms with van der Waals surface area (Å²) in [5.41, 5.74) is 0. The van der Waals surface area contributed by atoms with E-state index in [1.807, 2.05) is 0 Å². The first-order chi connectivity index (χ1) is 7.61. The van der Waals surface area contributed by atoms with Crippen molar-refractivity contribution in [1.29, 1.82) is 0 Å². The van der Waals surface area contributed by atoms with Crippen molar-refractivity contribution in [2.45, 2.75) is 50.3 Å². The fourth-order valence-electron chi connectivity index (χ4n) is 2.86. The van der Waals surface area contributed by atoms with Crippen LogP contribution < -0.4 is 5.32 Å². The zero-order valence-electron chi connectivity index (χ0n) is 9.81. The van der Waals surface area contributed by atoms with Crippen molar-refractivity contribution < 1.29 is 13.2 Å². The lowest BCUT2D eigenvalue weighted by molar-refractivity contribution is 0.0815. The predicted molar refractivity (Wildman–Crippen MR) is 63.2 cm³/mol. The molecule has 0 spiro atoms. The molecule has 5 heteroatoms. The molecule has 4 nitrogen and oxygen atoms in total.